The third-order valence-corrected chi connectivity index (χ3v) is 4.29. The van der Waals surface area contributed by atoms with Gasteiger partial charge in [0.05, 0.1) is 12.7 Å². The molecule has 4 aromatic carbocycles. The number of esters is 1. The number of hydrogen-bond acceptors (Lipinski definition) is 2. The number of methoxy groups -OCH3 is 1. The Balaban J connectivity index is 2.17. The van der Waals surface area contributed by atoms with E-state index in [9.17, 15) is 4.79 Å². The van der Waals surface area contributed by atoms with Gasteiger partial charge in [-0.05, 0) is 37.9 Å². The second-order valence-electron chi connectivity index (χ2n) is 5.44. The van der Waals surface area contributed by atoms with Gasteiger partial charge >= 0.3 is 5.97 Å². The maximum atomic E-state index is 11.8. The first-order valence-electron chi connectivity index (χ1n) is 7.15. The topological polar surface area (TPSA) is 26.3 Å². The molecule has 0 radical (unpaired) electrons. The Morgan fingerprint density at radius 2 is 1.45 bits per heavy atom. The van der Waals surface area contributed by atoms with Crippen molar-refractivity contribution >= 4 is 43.9 Å². The molecule has 4 aromatic rings. The molecule has 2 heteroatoms. The lowest BCUT2D eigenvalue weighted by Crippen LogP contribution is -2.03. The largest absolute Gasteiger partial charge is 0.465 e. The van der Waals surface area contributed by atoms with Crippen LogP contribution < -0.4 is 0 Å². The summed E-state index contributed by atoms with van der Waals surface area (Å²) in [5.74, 6) is -0.393. The molecule has 0 aliphatic heterocycles. The highest BCUT2D eigenvalue weighted by Crippen LogP contribution is 2.37. The lowest BCUT2D eigenvalue weighted by Gasteiger charge is -2.14. The molecule has 0 unspecified atom stereocenters. The van der Waals surface area contributed by atoms with Gasteiger partial charge in [-0.15, -0.1) is 0 Å². The van der Waals surface area contributed by atoms with Gasteiger partial charge in [0.1, 0.15) is 0 Å². The standard InChI is InChI=1S/C20H14O2/c1-12(20(21)22-2)16-10-8-15-7-6-13-4-3-5-14-9-11-17(16)19(15)18(13)14/h3-11H,1H2,2H3. The number of ether oxygens (including phenoxy) is 1. The molecule has 22 heavy (non-hydrogen) atoms. The van der Waals surface area contributed by atoms with Crippen molar-refractivity contribution in [2.24, 2.45) is 0 Å². The maximum Gasteiger partial charge on any atom is 0.337 e. The normalized spacial score (nSPS) is 11.3. The quantitative estimate of drug-likeness (QED) is 0.301. The average molecular weight is 286 g/mol. The van der Waals surface area contributed by atoms with E-state index in [1.165, 1.54) is 34.0 Å². The van der Waals surface area contributed by atoms with Crippen LogP contribution in [0.15, 0.2) is 61.2 Å². The smallest absolute Gasteiger partial charge is 0.337 e. The zero-order valence-corrected chi connectivity index (χ0v) is 12.2. The van der Waals surface area contributed by atoms with Crippen LogP contribution in [0.1, 0.15) is 5.56 Å². The predicted molar refractivity (Wildman–Crippen MR) is 91.2 cm³/mol. The molecule has 0 spiro atoms. The van der Waals surface area contributed by atoms with E-state index < -0.39 is 5.97 Å². The number of hydrogen-bond donors (Lipinski definition) is 0. The third kappa shape index (κ3) is 1.64. The van der Waals surface area contributed by atoms with E-state index in [-0.39, 0.29) is 0 Å². The first-order valence-corrected chi connectivity index (χ1v) is 7.15. The maximum absolute atomic E-state index is 11.8. The second-order valence-corrected chi connectivity index (χ2v) is 5.44. The van der Waals surface area contributed by atoms with Crippen molar-refractivity contribution in [1.29, 1.82) is 0 Å². The Labute approximate surface area is 128 Å². The average Bonchev–Trinajstić information content (AvgIpc) is 2.58. The molecule has 0 saturated heterocycles. The van der Waals surface area contributed by atoms with E-state index in [0.29, 0.717) is 5.57 Å². The molecule has 0 amide bonds. The van der Waals surface area contributed by atoms with Gasteiger partial charge in [0.2, 0.25) is 0 Å². The van der Waals surface area contributed by atoms with E-state index in [0.717, 1.165) is 10.9 Å². The van der Waals surface area contributed by atoms with Crippen LogP contribution in [0.25, 0.3) is 37.9 Å². The van der Waals surface area contributed by atoms with Crippen molar-refractivity contribution < 1.29 is 9.53 Å². The van der Waals surface area contributed by atoms with Gasteiger partial charge in [-0.1, -0.05) is 61.2 Å². The van der Waals surface area contributed by atoms with Gasteiger partial charge in [-0.3, -0.25) is 0 Å². The Morgan fingerprint density at radius 1 is 0.864 bits per heavy atom. The fraction of sp³-hybridized carbons (Fsp3) is 0.0500. The molecule has 0 bridgehead atoms. The Bertz CT molecular complexity index is 1030. The summed E-state index contributed by atoms with van der Waals surface area (Å²) in [6.45, 7) is 3.90. The molecule has 0 saturated carbocycles. The van der Waals surface area contributed by atoms with Gasteiger partial charge in [0, 0.05) is 0 Å². The van der Waals surface area contributed by atoms with Gasteiger partial charge in [-0.25, -0.2) is 4.79 Å². The third-order valence-electron chi connectivity index (χ3n) is 4.29. The van der Waals surface area contributed by atoms with Crippen LogP contribution in [0, 0.1) is 0 Å². The number of benzene rings is 4. The van der Waals surface area contributed by atoms with Crippen molar-refractivity contribution in [3.05, 3.63) is 66.7 Å². The SMILES string of the molecule is C=C(C(=O)OC)c1ccc2ccc3cccc4ccc1c2c34. The molecule has 0 atom stereocenters. The van der Waals surface area contributed by atoms with Crippen molar-refractivity contribution in [2.75, 3.05) is 7.11 Å². The van der Waals surface area contributed by atoms with Gasteiger partial charge in [-0.2, -0.15) is 0 Å². The Hall–Kier alpha value is -2.87. The summed E-state index contributed by atoms with van der Waals surface area (Å²) < 4.78 is 4.82. The van der Waals surface area contributed by atoms with E-state index in [2.05, 4.69) is 49.0 Å². The van der Waals surface area contributed by atoms with Crippen LogP contribution in [-0.4, -0.2) is 13.1 Å². The summed E-state index contributed by atoms with van der Waals surface area (Å²) in [5, 5.41) is 7.03. The minimum absolute atomic E-state index is 0.389. The highest BCUT2D eigenvalue weighted by Gasteiger charge is 2.15. The summed E-state index contributed by atoms with van der Waals surface area (Å²) in [7, 11) is 1.38. The summed E-state index contributed by atoms with van der Waals surface area (Å²) >= 11 is 0. The monoisotopic (exact) mass is 286 g/mol. The molecule has 0 fully saturated rings. The van der Waals surface area contributed by atoms with Crippen LogP contribution >= 0.6 is 0 Å². The number of carbonyl (C=O) groups excluding carboxylic acids is 1. The van der Waals surface area contributed by atoms with Crippen LogP contribution in [-0.2, 0) is 9.53 Å². The second kappa shape index (κ2) is 4.57. The van der Waals surface area contributed by atoms with Gasteiger partial charge in [0.25, 0.3) is 0 Å². The first-order chi connectivity index (χ1) is 10.7. The van der Waals surface area contributed by atoms with Gasteiger partial charge < -0.3 is 4.74 Å². The summed E-state index contributed by atoms with van der Waals surface area (Å²) in [6.07, 6.45) is 0. The molecule has 0 aliphatic rings. The van der Waals surface area contributed by atoms with Crippen LogP contribution in [0.2, 0.25) is 0 Å². The molecule has 0 aliphatic carbocycles. The highest BCUT2D eigenvalue weighted by atomic mass is 16.5. The molecule has 0 N–H and O–H groups in total. The molecule has 0 aromatic heterocycles. The molecule has 4 rings (SSSR count). The lowest BCUT2D eigenvalue weighted by molar-refractivity contribution is -0.133. The minimum Gasteiger partial charge on any atom is -0.465 e. The Morgan fingerprint density at radius 3 is 2.14 bits per heavy atom. The van der Waals surface area contributed by atoms with Crippen molar-refractivity contribution in [1.82, 2.24) is 0 Å². The van der Waals surface area contributed by atoms with Crippen molar-refractivity contribution in [3.63, 3.8) is 0 Å². The number of carbonyl (C=O) groups is 1. The van der Waals surface area contributed by atoms with Gasteiger partial charge in [0.15, 0.2) is 0 Å². The zero-order valence-electron chi connectivity index (χ0n) is 12.2. The van der Waals surface area contributed by atoms with Crippen molar-refractivity contribution in [3.8, 4) is 0 Å². The molecule has 106 valence electrons. The molecular weight excluding hydrogens is 272 g/mol. The van der Waals surface area contributed by atoms with Crippen LogP contribution in [0.5, 0.6) is 0 Å². The van der Waals surface area contributed by atoms with E-state index in [1.807, 2.05) is 12.1 Å². The molecule has 2 nitrogen and oxygen atoms in total. The van der Waals surface area contributed by atoms with Crippen LogP contribution in [0.3, 0.4) is 0 Å². The summed E-state index contributed by atoms with van der Waals surface area (Å²) in [4.78, 5) is 11.8. The van der Waals surface area contributed by atoms with E-state index in [1.54, 1.807) is 0 Å². The summed E-state index contributed by atoms with van der Waals surface area (Å²) in [6, 6.07) is 18.7. The lowest BCUT2D eigenvalue weighted by atomic mass is 9.90. The molecular formula is C20H14O2. The van der Waals surface area contributed by atoms with E-state index in [4.69, 9.17) is 4.74 Å². The zero-order chi connectivity index (χ0) is 15.3. The number of rotatable bonds is 2. The van der Waals surface area contributed by atoms with E-state index >= 15 is 0 Å². The fourth-order valence-corrected chi connectivity index (χ4v) is 3.23. The Kier molecular flexibility index (Phi) is 2.67. The fourth-order valence-electron chi connectivity index (χ4n) is 3.23. The van der Waals surface area contributed by atoms with Crippen LogP contribution in [0.4, 0.5) is 0 Å². The van der Waals surface area contributed by atoms with Crippen molar-refractivity contribution in [2.45, 2.75) is 0 Å². The highest BCUT2D eigenvalue weighted by molar-refractivity contribution is 6.27. The first kappa shape index (κ1) is 12.8. The summed E-state index contributed by atoms with van der Waals surface area (Å²) in [5.41, 5.74) is 1.22. The molecule has 0 heterocycles. The minimum atomic E-state index is -0.393. The predicted octanol–water partition coefficient (Wildman–Crippen LogP) is 4.77.